The van der Waals surface area contributed by atoms with Crippen molar-refractivity contribution in [2.45, 2.75) is 37.0 Å². The van der Waals surface area contributed by atoms with Gasteiger partial charge < -0.3 is 29.2 Å². The highest BCUT2D eigenvalue weighted by molar-refractivity contribution is 6.30. The van der Waals surface area contributed by atoms with Crippen molar-refractivity contribution >= 4 is 23.2 Å². The number of ether oxygens (including phenoxy) is 4. The van der Waals surface area contributed by atoms with E-state index in [2.05, 4.69) is 0 Å². The Bertz CT molecular complexity index is 819. The predicted octanol–water partition coefficient (Wildman–Crippen LogP) is 3.24. The lowest BCUT2D eigenvalue weighted by atomic mass is 10.0. The lowest BCUT2D eigenvalue weighted by Gasteiger charge is -2.37. The molecule has 150 valence electrons. The molecule has 0 bridgehead atoms. The average Bonchev–Trinajstić information content (AvgIpc) is 3.18. The number of aliphatic hydroxyl groups is 2. The van der Waals surface area contributed by atoms with Crippen LogP contribution in [0, 0.1) is 0 Å². The van der Waals surface area contributed by atoms with Gasteiger partial charge in [0.2, 0.25) is 0 Å². The van der Waals surface area contributed by atoms with E-state index in [4.69, 9.17) is 42.1 Å². The molecule has 0 saturated carbocycles. The van der Waals surface area contributed by atoms with E-state index >= 15 is 0 Å². The third-order valence-electron chi connectivity index (χ3n) is 4.75. The van der Waals surface area contributed by atoms with Gasteiger partial charge in [0.05, 0.1) is 13.2 Å². The SMILES string of the molecule is O[C@@H]([C@@H]1OC(c2cccc(Cl)c2)OC[C@H]1O)[C@@H]1COC(c2cccc(Cl)c2)O1. The van der Waals surface area contributed by atoms with Crippen LogP contribution in [0.5, 0.6) is 0 Å². The van der Waals surface area contributed by atoms with E-state index in [1.807, 2.05) is 12.1 Å². The van der Waals surface area contributed by atoms with Gasteiger partial charge in [-0.2, -0.15) is 0 Å². The topological polar surface area (TPSA) is 77.4 Å². The maximum Gasteiger partial charge on any atom is 0.184 e. The summed E-state index contributed by atoms with van der Waals surface area (Å²) in [5.41, 5.74) is 1.46. The molecule has 0 radical (unpaired) electrons. The van der Waals surface area contributed by atoms with Gasteiger partial charge in [0.1, 0.15) is 24.4 Å². The molecule has 6 atom stereocenters. The van der Waals surface area contributed by atoms with Crippen LogP contribution in [0.15, 0.2) is 48.5 Å². The molecular formula is C20H20Cl2O6. The lowest BCUT2D eigenvalue weighted by molar-refractivity contribution is -0.283. The van der Waals surface area contributed by atoms with Crippen molar-refractivity contribution in [2.24, 2.45) is 0 Å². The summed E-state index contributed by atoms with van der Waals surface area (Å²) in [5.74, 6) is 0. The van der Waals surface area contributed by atoms with E-state index in [1.54, 1.807) is 36.4 Å². The minimum atomic E-state index is -1.11. The first kappa shape index (κ1) is 20.1. The van der Waals surface area contributed by atoms with Gasteiger partial charge in [-0.05, 0) is 24.3 Å². The standard InChI is InChI=1S/C20H20Cl2O6/c21-13-5-1-3-11(7-13)19-26-10-16(27-19)17(24)18-15(23)9-25-20(28-18)12-4-2-6-14(22)8-12/h1-8,15-20,23-24H,9-10H2/t15-,16+,17-,18-,19?,20?/m1/s1. The Hall–Kier alpha value is -1.22. The molecule has 0 amide bonds. The lowest BCUT2D eigenvalue weighted by Crippen LogP contribution is -2.52. The molecule has 0 spiro atoms. The third-order valence-corrected chi connectivity index (χ3v) is 5.22. The van der Waals surface area contributed by atoms with E-state index < -0.39 is 37.0 Å². The fourth-order valence-electron chi connectivity index (χ4n) is 3.33. The van der Waals surface area contributed by atoms with Gasteiger partial charge >= 0.3 is 0 Å². The van der Waals surface area contributed by atoms with Crippen molar-refractivity contribution in [1.82, 2.24) is 0 Å². The minimum Gasteiger partial charge on any atom is -0.388 e. The Kier molecular flexibility index (Phi) is 6.20. The Balaban J connectivity index is 1.44. The van der Waals surface area contributed by atoms with Crippen LogP contribution >= 0.6 is 23.2 Å². The summed E-state index contributed by atoms with van der Waals surface area (Å²) in [6.07, 6.45) is -5.05. The first-order valence-corrected chi connectivity index (χ1v) is 9.68. The second-order valence-corrected chi connectivity index (χ2v) is 7.65. The summed E-state index contributed by atoms with van der Waals surface area (Å²) in [6.45, 7) is 0.178. The molecular weight excluding hydrogens is 407 g/mol. The number of benzene rings is 2. The van der Waals surface area contributed by atoms with Crippen molar-refractivity contribution in [2.75, 3.05) is 13.2 Å². The molecule has 2 heterocycles. The molecule has 2 N–H and O–H groups in total. The van der Waals surface area contributed by atoms with Crippen LogP contribution in [-0.2, 0) is 18.9 Å². The van der Waals surface area contributed by atoms with E-state index in [0.29, 0.717) is 15.6 Å². The summed E-state index contributed by atoms with van der Waals surface area (Å²) in [6, 6.07) is 14.2. The van der Waals surface area contributed by atoms with Crippen molar-refractivity contribution in [1.29, 1.82) is 0 Å². The average molecular weight is 427 g/mol. The Morgan fingerprint density at radius 3 is 2.04 bits per heavy atom. The van der Waals surface area contributed by atoms with E-state index in [0.717, 1.165) is 5.56 Å². The molecule has 2 aliphatic rings. The van der Waals surface area contributed by atoms with Crippen LogP contribution in [0.3, 0.4) is 0 Å². The molecule has 2 aromatic carbocycles. The van der Waals surface area contributed by atoms with Gasteiger partial charge in [-0.1, -0.05) is 47.5 Å². The number of rotatable bonds is 4. The fourth-order valence-corrected chi connectivity index (χ4v) is 3.73. The number of halogens is 2. The van der Waals surface area contributed by atoms with Crippen molar-refractivity contribution < 1.29 is 29.2 Å². The van der Waals surface area contributed by atoms with Crippen LogP contribution in [0.1, 0.15) is 23.7 Å². The summed E-state index contributed by atoms with van der Waals surface area (Å²) < 4.78 is 22.9. The molecule has 2 fully saturated rings. The number of aliphatic hydroxyl groups excluding tert-OH is 2. The molecule has 2 unspecified atom stereocenters. The fraction of sp³-hybridized carbons (Fsp3) is 0.400. The zero-order chi connectivity index (χ0) is 19.7. The van der Waals surface area contributed by atoms with Crippen LogP contribution in [0.2, 0.25) is 10.0 Å². The number of hydrogen-bond donors (Lipinski definition) is 2. The quantitative estimate of drug-likeness (QED) is 0.781. The van der Waals surface area contributed by atoms with E-state index in [-0.39, 0.29) is 13.2 Å². The minimum absolute atomic E-state index is 0.0181. The van der Waals surface area contributed by atoms with E-state index in [1.165, 1.54) is 0 Å². The van der Waals surface area contributed by atoms with Gasteiger partial charge in [0.25, 0.3) is 0 Å². The molecule has 0 aliphatic carbocycles. The molecule has 2 aromatic rings. The van der Waals surface area contributed by atoms with Crippen LogP contribution < -0.4 is 0 Å². The molecule has 6 nitrogen and oxygen atoms in total. The molecule has 0 aromatic heterocycles. The summed E-state index contributed by atoms with van der Waals surface area (Å²) >= 11 is 12.0. The van der Waals surface area contributed by atoms with Crippen molar-refractivity contribution in [3.63, 3.8) is 0 Å². The van der Waals surface area contributed by atoms with Gasteiger partial charge in [-0.15, -0.1) is 0 Å². The maximum absolute atomic E-state index is 10.8. The van der Waals surface area contributed by atoms with Gasteiger partial charge in [0, 0.05) is 21.2 Å². The van der Waals surface area contributed by atoms with Crippen LogP contribution in [0.25, 0.3) is 0 Å². The summed E-state index contributed by atoms with van der Waals surface area (Å²) in [4.78, 5) is 0. The smallest absolute Gasteiger partial charge is 0.184 e. The number of hydrogen-bond acceptors (Lipinski definition) is 6. The molecule has 2 aliphatic heterocycles. The highest BCUT2D eigenvalue weighted by atomic mass is 35.5. The summed E-state index contributed by atoms with van der Waals surface area (Å²) in [7, 11) is 0. The largest absolute Gasteiger partial charge is 0.388 e. The Morgan fingerprint density at radius 2 is 1.43 bits per heavy atom. The second kappa shape index (κ2) is 8.65. The van der Waals surface area contributed by atoms with Gasteiger partial charge in [-0.3, -0.25) is 0 Å². The Labute approximate surface area is 172 Å². The van der Waals surface area contributed by atoms with Crippen LogP contribution in [0.4, 0.5) is 0 Å². The second-order valence-electron chi connectivity index (χ2n) is 6.77. The first-order chi connectivity index (χ1) is 13.5. The maximum atomic E-state index is 10.8. The first-order valence-electron chi connectivity index (χ1n) is 8.92. The van der Waals surface area contributed by atoms with Crippen molar-refractivity contribution in [3.8, 4) is 0 Å². The highest BCUT2D eigenvalue weighted by Crippen LogP contribution is 2.34. The zero-order valence-electron chi connectivity index (χ0n) is 14.8. The molecule has 8 heteroatoms. The Morgan fingerprint density at radius 1 is 0.857 bits per heavy atom. The van der Waals surface area contributed by atoms with Crippen molar-refractivity contribution in [3.05, 3.63) is 69.7 Å². The highest BCUT2D eigenvalue weighted by Gasteiger charge is 2.43. The molecule has 4 rings (SSSR count). The third kappa shape index (κ3) is 4.35. The van der Waals surface area contributed by atoms with E-state index in [9.17, 15) is 10.2 Å². The van der Waals surface area contributed by atoms with Gasteiger partial charge in [-0.25, -0.2) is 0 Å². The zero-order valence-corrected chi connectivity index (χ0v) is 16.3. The monoisotopic (exact) mass is 426 g/mol. The summed E-state index contributed by atoms with van der Waals surface area (Å²) in [5, 5.41) is 22.2. The molecule has 28 heavy (non-hydrogen) atoms. The molecule has 2 saturated heterocycles. The van der Waals surface area contributed by atoms with Crippen LogP contribution in [-0.4, -0.2) is 47.8 Å². The predicted molar refractivity (Wildman–Crippen MR) is 102 cm³/mol. The normalized spacial score (nSPS) is 31.6. The van der Waals surface area contributed by atoms with Gasteiger partial charge in [0.15, 0.2) is 12.6 Å².